The fourth-order valence-electron chi connectivity index (χ4n) is 3.05. The fraction of sp³-hybridized carbons (Fsp3) is 0.167. The summed E-state index contributed by atoms with van der Waals surface area (Å²) in [5, 5.41) is 19.4. The van der Waals surface area contributed by atoms with E-state index in [0.29, 0.717) is 30.0 Å². The van der Waals surface area contributed by atoms with Gasteiger partial charge in [-0.2, -0.15) is 0 Å². The van der Waals surface area contributed by atoms with E-state index >= 15 is 0 Å². The van der Waals surface area contributed by atoms with Crippen molar-refractivity contribution >= 4 is 32.9 Å². The lowest BCUT2D eigenvalue weighted by atomic mass is 9.96. The molecule has 1 fully saturated rings. The molecule has 126 valence electrons. The van der Waals surface area contributed by atoms with Gasteiger partial charge >= 0.3 is 0 Å². The maximum atomic E-state index is 11.6. The first-order valence-corrected chi connectivity index (χ1v) is 8.62. The summed E-state index contributed by atoms with van der Waals surface area (Å²) >= 11 is 3.64. The summed E-state index contributed by atoms with van der Waals surface area (Å²) in [6, 6.07) is 8.93. The van der Waals surface area contributed by atoms with Gasteiger partial charge < -0.3 is 15.0 Å². The zero-order chi connectivity index (χ0) is 17.6. The van der Waals surface area contributed by atoms with Crippen LogP contribution in [0.4, 0.5) is 0 Å². The largest absolute Gasteiger partial charge is 0.507 e. The van der Waals surface area contributed by atoms with E-state index in [1.165, 1.54) is 6.08 Å². The van der Waals surface area contributed by atoms with Crippen LogP contribution in [0.15, 0.2) is 47.5 Å². The number of H-pyrrole nitrogens is 1. The second-order valence-electron chi connectivity index (χ2n) is 6.01. The lowest BCUT2D eigenvalue weighted by Crippen LogP contribution is -2.47. The van der Waals surface area contributed by atoms with E-state index < -0.39 is 0 Å². The van der Waals surface area contributed by atoms with Gasteiger partial charge in [-0.05, 0) is 40.2 Å². The molecular formula is C18H15BrN4O2. The first-order valence-electron chi connectivity index (χ1n) is 7.83. The zero-order valence-electron chi connectivity index (χ0n) is 13.2. The number of nitrogens with one attached hydrogen (secondary N) is 1. The van der Waals surface area contributed by atoms with Crippen LogP contribution in [0.1, 0.15) is 11.6 Å². The fourth-order valence-corrected chi connectivity index (χ4v) is 3.78. The number of likely N-dealkylation sites (tertiary alicyclic amines) is 1. The molecule has 25 heavy (non-hydrogen) atoms. The number of fused-ring (bicyclic) bond motifs is 1. The number of rotatable bonds is 3. The molecule has 0 aliphatic carbocycles. The number of aromatic hydroxyl groups is 1. The molecule has 3 aromatic rings. The number of hydrogen-bond donors (Lipinski definition) is 2. The van der Waals surface area contributed by atoms with Crippen LogP contribution in [-0.2, 0) is 4.79 Å². The molecule has 1 aliphatic heterocycles. The molecule has 3 heterocycles. The predicted molar refractivity (Wildman–Crippen MR) is 98.2 cm³/mol. The molecule has 0 atom stereocenters. The number of carbonyl (C=O) groups is 1. The summed E-state index contributed by atoms with van der Waals surface area (Å²) in [4.78, 5) is 16.6. The van der Waals surface area contributed by atoms with Crippen LogP contribution in [0.25, 0.3) is 22.3 Å². The quantitative estimate of drug-likeness (QED) is 0.663. The summed E-state index contributed by atoms with van der Waals surface area (Å²) in [6.45, 7) is 4.81. The van der Waals surface area contributed by atoms with Crippen molar-refractivity contribution in [3.05, 3.63) is 53.2 Å². The number of phenols is 1. The van der Waals surface area contributed by atoms with E-state index in [-0.39, 0.29) is 17.6 Å². The van der Waals surface area contributed by atoms with Gasteiger partial charge in [-0.3, -0.25) is 4.79 Å². The third-order valence-electron chi connectivity index (χ3n) is 4.48. The van der Waals surface area contributed by atoms with Gasteiger partial charge in [0.15, 0.2) is 5.65 Å². The minimum absolute atomic E-state index is 0.0508. The Morgan fingerprint density at radius 2 is 2.12 bits per heavy atom. The van der Waals surface area contributed by atoms with Crippen LogP contribution in [0.2, 0.25) is 0 Å². The maximum Gasteiger partial charge on any atom is 0.245 e. The smallest absolute Gasteiger partial charge is 0.245 e. The number of amides is 1. The lowest BCUT2D eigenvalue weighted by Gasteiger charge is -2.38. The highest BCUT2D eigenvalue weighted by Crippen LogP contribution is 2.37. The molecule has 2 N–H and O–H groups in total. The molecule has 2 aromatic heterocycles. The van der Waals surface area contributed by atoms with E-state index in [9.17, 15) is 9.90 Å². The Bertz CT molecular complexity index is 992. The van der Waals surface area contributed by atoms with Crippen LogP contribution in [0.3, 0.4) is 0 Å². The molecule has 1 amide bonds. The molecule has 0 unspecified atom stereocenters. The molecule has 0 spiro atoms. The molecule has 0 saturated carbocycles. The van der Waals surface area contributed by atoms with Crippen molar-refractivity contribution in [2.45, 2.75) is 5.92 Å². The Morgan fingerprint density at radius 1 is 1.36 bits per heavy atom. The highest BCUT2D eigenvalue weighted by molar-refractivity contribution is 9.10. The van der Waals surface area contributed by atoms with Gasteiger partial charge in [0.25, 0.3) is 0 Å². The second-order valence-corrected chi connectivity index (χ2v) is 6.80. The number of nitrogens with zero attached hydrogens (tertiary/aromatic N) is 3. The minimum Gasteiger partial charge on any atom is -0.507 e. The highest BCUT2D eigenvalue weighted by atomic mass is 79.9. The van der Waals surface area contributed by atoms with Gasteiger partial charge in [-0.15, -0.1) is 10.2 Å². The molecule has 1 aromatic carbocycles. The number of carbonyl (C=O) groups excluding carboxylic acids is 1. The second kappa shape index (κ2) is 6.00. The third-order valence-corrected chi connectivity index (χ3v) is 5.33. The molecule has 6 nitrogen and oxygen atoms in total. The van der Waals surface area contributed by atoms with E-state index in [0.717, 1.165) is 15.6 Å². The number of benzene rings is 1. The first-order chi connectivity index (χ1) is 12.1. The first kappa shape index (κ1) is 15.8. The van der Waals surface area contributed by atoms with Crippen molar-refractivity contribution in [2.24, 2.45) is 0 Å². The van der Waals surface area contributed by atoms with Gasteiger partial charge in [0.05, 0.1) is 5.69 Å². The Hall–Kier alpha value is -2.67. The minimum atomic E-state index is -0.0508. The van der Waals surface area contributed by atoms with Crippen molar-refractivity contribution in [2.75, 3.05) is 13.1 Å². The van der Waals surface area contributed by atoms with Gasteiger partial charge in [0.1, 0.15) is 5.75 Å². The Labute approximate surface area is 152 Å². The van der Waals surface area contributed by atoms with Crippen molar-refractivity contribution < 1.29 is 9.90 Å². The number of aromatic nitrogens is 3. The third kappa shape index (κ3) is 2.60. The zero-order valence-corrected chi connectivity index (χ0v) is 14.8. The summed E-state index contributed by atoms with van der Waals surface area (Å²) in [6.07, 6.45) is 1.33. The van der Waals surface area contributed by atoms with Gasteiger partial charge in [-0.25, -0.2) is 0 Å². The molecule has 7 heteroatoms. The average molecular weight is 399 g/mol. The number of halogens is 1. The number of aromatic amines is 1. The molecule has 4 rings (SSSR count). The Balaban J connectivity index is 1.69. The molecule has 0 bridgehead atoms. The average Bonchev–Trinajstić information content (AvgIpc) is 2.90. The summed E-state index contributed by atoms with van der Waals surface area (Å²) in [7, 11) is 0. The van der Waals surface area contributed by atoms with E-state index in [2.05, 4.69) is 37.7 Å². The van der Waals surface area contributed by atoms with E-state index in [1.807, 2.05) is 12.1 Å². The number of phenolic OH excluding ortho intramolecular Hbond substituents is 1. The maximum absolute atomic E-state index is 11.6. The Kier molecular flexibility index (Phi) is 3.80. The van der Waals surface area contributed by atoms with Crippen LogP contribution < -0.4 is 0 Å². The topological polar surface area (TPSA) is 82.1 Å². The van der Waals surface area contributed by atoms with E-state index in [1.54, 1.807) is 23.1 Å². The van der Waals surface area contributed by atoms with Crippen LogP contribution in [0, 0.1) is 0 Å². The van der Waals surface area contributed by atoms with Crippen molar-refractivity contribution in [1.82, 2.24) is 20.1 Å². The molecule has 1 saturated heterocycles. The van der Waals surface area contributed by atoms with E-state index in [4.69, 9.17) is 0 Å². The van der Waals surface area contributed by atoms with Gasteiger partial charge in [-0.1, -0.05) is 18.7 Å². The molecule has 1 aliphatic rings. The summed E-state index contributed by atoms with van der Waals surface area (Å²) < 4.78 is 0.921. The number of para-hydroxylation sites is 1. The summed E-state index contributed by atoms with van der Waals surface area (Å²) in [5.74, 6) is 0.340. The normalized spacial score (nSPS) is 14.5. The van der Waals surface area contributed by atoms with Gasteiger partial charge in [0.2, 0.25) is 5.91 Å². The molecular weight excluding hydrogens is 384 g/mol. The van der Waals surface area contributed by atoms with Crippen LogP contribution in [-0.4, -0.2) is 44.2 Å². The van der Waals surface area contributed by atoms with Gasteiger partial charge in [0, 0.05) is 40.1 Å². The summed E-state index contributed by atoms with van der Waals surface area (Å²) in [5.41, 5.74) is 2.92. The highest BCUT2D eigenvalue weighted by Gasteiger charge is 2.33. The SMILES string of the molecule is C=CC(=O)N1CC(c2[nH]c3nnc(-c4ccccc4O)cc3c2Br)C1. The van der Waals surface area contributed by atoms with Crippen molar-refractivity contribution in [3.8, 4) is 17.0 Å². The Morgan fingerprint density at radius 3 is 2.84 bits per heavy atom. The van der Waals surface area contributed by atoms with Crippen LogP contribution >= 0.6 is 15.9 Å². The van der Waals surface area contributed by atoms with Crippen LogP contribution in [0.5, 0.6) is 5.75 Å². The predicted octanol–water partition coefficient (Wildman–Crippen LogP) is 3.20. The number of hydrogen-bond acceptors (Lipinski definition) is 4. The molecule has 0 radical (unpaired) electrons. The standard InChI is InChI=1S/C18H15BrN4O2/c1-2-15(25)23-8-10(9-23)17-16(19)12-7-13(21-22-18(12)20-17)11-5-3-4-6-14(11)24/h2-7,10,24H,1,8-9H2,(H,20,22). The van der Waals surface area contributed by atoms with Crippen molar-refractivity contribution in [3.63, 3.8) is 0 Å². The lowest BCUT2D eigenvalue weighted by molar-refractivity contribution is -0.130. The monoisotopic (exact) mass is 398 g/mol. The van der Waals surface area contributed by atoms with Crippen molar-refractivity contribution in [1.29, 1.82) is 0 Å².